The van der Waals surface area contributed by atoms with Crippen molar-refractivity contribution in [3.63, 3.8) is 0 Å². The lowest BCUT2D eigenvalue weighted by Gasteiger charge is -2.37. The summed E-state index contributed by atoms with van der Waals surface area (Å²) < 4.78 is 32.7. The van der Waals surface area contributed by atoms with Crippen molar-refractivity contribution in [3.05, 3.63) is 30.6 Å². The van der Waals surface area contributed by atoms with Crippen molar-refractivity contribution in [2.45, 2.75) is 33.1 Å². The van der Waals surface area contributed by atoms with Gasteiger partial charge in [-0.3, -0.25) is 4.79 Å². The first kappa shape index (κ1) is 16.1. The first-order valence-corrected chi connectivity index (χ1v) is 8.65. The normalized spacial score (nSPS) is 29.9. The Labute approximate surface area is 125 Å². The molecule has 2 saturated carbocycles. The summed E-state index contributed by atoms with van der Waals surface area (Å²) in [5.74, 6) is -0.280. The van der Waals surface area contributed by atoms with Crippen LogP contribution in [0.15, 0.2) is 30.6 Å². The van der Waals surface area contributed by atoms with E-state index in [2.05, 4.69) is 4.98 Å². The number of aromatic nitrogens is 1. The van der Waals surface area contributed by atoms with Crippen LogP contribution < -0.4 is 4.98 Å². The number of hydrogen-bond donors (Lipinski definition) is 0. The number of aromatic amines is 1. The van der Waals surface area contributed by atoms with Crippen LogP contribution in [-0.2, 0) is 14.9 Å². The van der Waals surface area contributed by atoms with Crippen molar-refractivity contribution in [2.75, 3.05) is 5.75 Å². The highest BCUT2D eigenvalue weighted by atomic mass is 32.2. The molecule has 0 spiro atoms. The van der Waals surface area contributed by atoms with E-state index in [1.165, 1.54) is 0 Å². The van der Waals surface area contributed by atoms with Gasteiger partial charge in [-0.2, -0.15) is 0 Å². The number of carbonyl (C=O) groups is 1. The van der Waals surface area contributed by atoms with Crippen molar-refractivity contribution in [1.29, 1.82) is 0 Å². The van der Waals surface area contributed by atoms with E-state index in [1.54, 1.807) is 0 Å². The van der Waals surface area contributed by atoms with E-state index in [1.807, 2.05) is 44.4 Å². The van der Waals surface area contributed by atoms with Gasteiger partial charge in [-0.25, -0.2) is 13.4 Å². The number of ketones is 1. The Morgan fingerprint density at radius 1 is 1.29 bits per heavy atom. The second-order valence-electron chi connectivity index (χ2n) is 6.45. The predicted octanol–water partition coefficient (Wildman–Crippen LogP) is 1.43. The van der Waals surface area contributed by atoms with E-state index in [4.69, 9.17) is 0 Å². The predicted molar refractivity (Wildman–Crippen MR) is 76.1 cm³/mol. The zero-order chi connectivity index (χ0) is 15.7. The number of H-pyrrole nitrogens is 1. The molecule has 21 heavy (non-hydrogen) atoms. The fourth-order valence-electron chi connectivity index (χ4n) is 3.75. The highest BCUT2D eigenvalue weighted by Crippen LogP contribution is 2.64. The lowest BCUT2D eigenvalue weighted by molar-refractivity contribution is -0.377. The lowest BCUT2D eigenvalue weighted by atomic mass is 9.70. The van der Waals surface area contributed by atoms with Gasteiger partial charge in [-0.15, -0.1) is 0 Å². The summed E-state index contributed by atoms with van der Waals surface area (Å²) in [6.45, 7) is 3.83. The molecule has 2 aliphatic carbocycles. The maximum Gasteiger partial charge on any atom is 0.166 e. The van der Waals surface area contributed by atoms with Crippen LogP contribution in [0.3, 0.4) is 0 Å². The van der Waals surface area contributed by atoms with Crippen molar-refractivity contribution < 1.29 is 22.7 Å². The standard InChI is InChI=1S/C10H16O4S.C5H5N/c1-9(2)7-3-4-10(9,8(11)5-7)6-15(12,13)14;1-2-4-6-5-3-1/h7H,3-6H2,1-2H3,(H,12,13,14);1-5H/t7-,10-;/m1./s1. The van der Waals surface area contributed by atoms with Crippen molar-refractivity contribution in [1.82, 2.24) is 0 Å². The molecule has 0 aliphatic heterocycles. The molecule has 116 valence electrons. The Morgan fingerprint density at radius 2 is 1.90 bits per heavy atom. The molecule has 1 aromatic rings. The SMILES string of the molecule is CC1(C)[C@@H]2CC[C@@]1(CS(=O)(=O)[O-])C(=O)C2.c1cc[nH+]cc1. The summed E-state index contributed by atoms with van der Waals surface area (Å²) in [5, 5.41) is 0. The molecule has 0 saturated heterocycles. The number of carbonyl (C=O) groups excluding carboxylic acids is 1. The monoisotopic (exact) mass is 311 g/mol. The molecule has 5 nitrogen and oxygen atoms in total. The number of pyridine rings is 1. The van der Waals surface area contributed by atoms with Crippen LogP contribution in [0.2, 0.25) is 0 Å². The fourth-order valence-corrected chi connectivity index (χ4v) is 5.03. The second-order valence-corrected chi connectivity index (χ2v) is 7.85. The van der Waals surface area contributed by atoms with Gasteiger partial charge in [0.2, 0.25) is 0 Å². The Bertz CT molecular complexity index is 585. The third-order valence-corrected chi connectivity index (χ3v) is 6.02. The van der Waals surface area contributed by atoms with E-state index in [9.17, 15) is 17.8 Å². The van der Waals surface area contributed by atoms with Gasteiger partial charge in [0, 0.05) is 24.0 Å². The second kappa shape index (κ2) is 5.50. The summed E-state index contributed by atoms with van der Waals surface area (Å²) in [7, 11) is -4.33. The largest absolute Gasteiger partial charge is 0.748 e. The van der Waals surface area contributed by atoms with E-state index >= 15 is 0 Å². The summed E-state index contributed by atoms with van der Waals surface area (Å²) >= 11 is 0. The number of hydrogen-bond acceptors (Lipinski definition) is 4. The van der Waals surface area contributed by atoms with Crippen LogP contribution in [0.25, 0.3) is 0 Å². The summed E-state index contributed by atoms with van der Waals surface area (Å²) in [4.78, 5) is 14.7. The summed E-state index contributed by atoms with van der Waals surface area (Å²) in [6, 6.07) is 5.86. The Kier molecular flexibility index (Phi) is 4.22. The Balaban J connectivity index is 0.000000225. The number of rotatable bonds is 2. The molecular formula is C15H21NO4S. The smallest absolute Gasteiger partial charge is 0.166 e. The van der Waals surface area contributed by atoms with Gasteiger partial charge >= 0.3 is 0 Å². The molecule has 1 aromatic heterocycles. The van der Waals surface area contributed by atoms with Crippen molar-refractivity contribution >= 4 is 15.9 Å². The van der Waals surface area contributed by atoms with Crippen LogP contribution in [0.4, 0.5) is 0 Å². The zero-order valence-electron chi connectivity index (χ0n) is 12.3. The number of Topliss-reactive ketones (excluding diaryl/α,β-unsaturated/α-hetero) is 1. The molecule has 2 bridgehead atoms. The van der Waals surface area contributed by atoms with E-state index < -0.39 is 21.3 Å². The third-order valence-electron chi connectivity index (χ3n) is 5.17. The van der Waals surface area contributed by atoms with Crippen LogP contribution in [0, 0.1) is 16.7 Å². The highest BCUT2D eigenvalue weighted by molar-refractivity contribution is 7.85. The molecule has 2 atom stereocenters. The molecular weight excluding hydrogens is 290 g/mol. The van der Waals surface area contributed by atoms with Crippen LogP contribution >= 0.6 is 0 Å². The van der Waals surface area contributed by atoms with Gasteiger partial charge in [0.1, 0.15) is 5.78 Å². The maximum absolute atomic E-state index is 11.8. The molecule has 0 aromatic carbocycles. The highest BCUT2D eigenvalue weighted by Gasteiger charge is 2.64. The maximum atomic E-state index is 11.8. The van der Waals surface area contributed by atoms with Gasteiger partial charge in [-0.1, -0.05) is 19.9 Å². The summed E-state index contributed by atoms with van der Waals surface area (Å²) in [6.07, 6.45) is 5.63. The van der Waals surface area contributed by atoms with Crippen molar-refractivity contribution in [2.24, 2.45) is 16.7 Å². The molecule has 2 fully saturated rings. The van der Waals surface area contributed by atoms with Gasteiger partial charge < -0.3 is 4.55 Å². The fraction of sp³-hybridized carbons (Fsp3) is 0.600. The Morgan fingerprint density at radius 3 is 2.19 bits per heavy atom. The summed E-state index contributed by atoms with van der Waals surface area (Å²) in [5.41, 5.74) is -1.22. The average molecular weight is 311 g/mol. The lowest BCUT2D eigenvalue weighted by Crippen LogP contribution is -2.42. The first-order valence-electron chi connectivity index (χ1n) is 7.07. The quantitative estimate of drug-likeness (QED) is 0.773. The Hall–Kier alpha value is -1.27. The number of fused-ring (bicyclic) bond motifs is 2. The van der Waals surface area contributed by atoms with E-state index in [-0.39, 0.29) is 17.1 Å². The molecule has 0 radical (unpaired) electrons. The zero-order valence-corrected chi connectivity index (χ0v) is 13.2. The molecule has 0 unspecified atom stereocenters. The van der Waals surface area contributed by atoms with Gasteiger partial charge in [0.25, 0.3) is 0 Å². The average Bonchev–Trinajstić information content (AvgIpc) is 2.73. The van der Waals surface area contributed by atoms with Crippen LogP contribution in [0.5, 0.6) is 0 Å². The number of nitrogens with one attached hydrogen (secondary N) is 1. The van der Waals surface area contributed by atoms with Crippen molar-refractivity contribution in [3.8, 4) is 0 Å². The molecule has 2 aliphatic rings. The first-order chi connectivity index (χ1) is 9.69. The molecule has 0 amide bonds. The minimum absolute atomic E-state index is 0.0248. The minimum Gasteiger partial charge on any atom is -0.748 e. The molecule has 6 heteroatoms. The minimum atomic E-state index is -4.33. The van der Waals surface area contributed by atoms with Gasteiger partial charge in [0.05, 0.1) is 15.9 Å². The molecule has 1 N–H and O–H groups in total. The topological polar surface area (TPSA) is 88.4 Å². The molecule has 1 heterocycles. The van der Waals surface area contributed by atoms with Gasteiger partial charge in [-0.05, 0) is 24.2 Å². The molecule has 3 rings (SSSR count). The van der Waals surface area contributed by atoms with Gasteiger partial charge in [0.15, 0.2) is 12.4 Å². The van der Waals surface area contributed by atoms with E-state index in [0.29, 0.717) is 12.8 Å². The van der Waals surface area contributed by atoms with E-state index in [0.717, 1.165) is 6.42 Å². The van der Waals surface area contributed by atoms with Crippen LogP contribution in [-0.4, -0.2) is 24.5 Å². The third kappa shape index (κ3) is 3.01. The van der Waals surface area contributed by atoms with Crippen LogP contribution in [0.1, 0.15) is 33.1 Å².